The number of anilines is 1. The molecule has 0 amide bonds. The quantitative estimate of drug-likeness (QED) is 0.691. The Labute approximate surface area is 127 Å². The number of aromatic nitrogens is 3. The molecule has 3 heterocycles. The van der Waals surface area contributed by atoms with Crippen LogP contribution in [0.3, 0.4) is 0 Å². The normalized spacial score (nSPS) is 17.0. The zero-order chi connectivity index (χ0) is 14.4. The van der Waals surface area contributed by atoms with Crippen LogP contribution < -0.4 is 4.90 Å². The van der Waals surface area contributed by atoms with E-state index in [2.05, 4.69) is 26.2 Å². The minimum absolute atomic E-state index is 0.714. The van der Waals surface area contributed by atoms with Gasteiger partial charge in [-0.05, 0) is 25.2 Å². The van der Waals surface area contributed by atoms with E-state index in [1.807, 2.05) is 30.7 Å². The Morgan fingerprint density at radius 2 is 1.90 bits per heavy atom. The molecule has 1 aromatic carbocycles. The van der Waals surface area contributed by atoms with Crippen molar-refractivity contribution in [3.05, 3.63) is 35.7 Å². The highest BCUT2D eigenvalue weighted by Crippen LogP contribution is 2.26. The van der Waals surface area contributed by atoms with Gasteiger partial charge in [-0.15, -0.1) is 0 Å². The van der Waals surface area contributed by atoms with E-state index in [0.717, 1.165) is 48.5 Å². The maximum Gasteiger partial charge on any atom is 0.155 e. The third kappa shape index (κ3) is 2.13. The number of nitrogens with zero attached hydrogens (tertiary/aromatic N) is 5. The Morgan fingerprint density at radius 1 is 1.10 bits per heavy atom. The molecule has 1 saturated heterocycles. The minimum atomic E-state index is 0.714. The lowest BCUT2D eigenvalue weighted by Crippen LogP contribution is -2.45. The average molecular weight is 302 g/mol. The first-order chi connectivity index (χ1) is 10.2. The molecule has 0 atom stereocenters. The van der Waals surface area contributed by atoms with Gasteiger partial charge < -0.3 is 9.80 Å². The standard InChI is InChI=1S/C15H16ClN5/c1-19-4-6-20(7-5-19)15-14-9-17-10-21(14)13-8-11(16)2-3-12(13)18-15/h2-3,8-10H,4-7H2,1H3. The minimum Gasteiger partial charge on any atom is -0.352 e. The number of piperazine rings is 1. The maximum absolute atomic E-state index is 6.11. The van der Waals surface area contributed by atoms with Crippen molar-refractivity contribution in [2.24, 2.45) is 0 Å². The lowest BCUT2D eigenvalue weighted by Gasteiger charge is -2.33. The van der Waals surface area contributed by atoms with Crippen molar-refractivity contribution in [3.8, 4) is 0 Å². The molecule has 0 aliphatic carbocycles. The van der Waals surface area contributed by atoms with Crippen molar-refractivity contribution in [2.45, 2.75) is 0 Å². The Balaban J connectivity index is 1.91. The summed E-state index contributed by atoms with van der Waals surface area (Å²) in [6.07, 6.45) is 3.70. The van der Waals surface area contributed by atoms with Crippen molar-refractivity contribution in [3.63, 3.8) is 0 Å². The summed E-state index contributed by atoms with van der Waals surface area (Å²) in [5, 5.41) is 0.714. The molecule has 1 fully saturated rings. The second kappa shape index (κ2) is 4.86. The summed E-state index contributed by atoms with van der Waals surface area (Å²) in [7, 11) is 2.15. The molecule has 0 unspecified atom stereocenters. The highest BCUT2D eigenvalue weighted by Gasteiger charge is 2.19. The van der Waals surface area contributed by atoms with E-state index in [1.54, 1.807) is 0 Å². The Morgan fingerprint density at radius 3 is 2.71 bits per heavy atom. The number of likely N-dealkylation sites (N-methyl/N-ethyl adjacent to an activating group) is 1. The van der Waals surface area contributed by atoms with Crippen LogP contribution in [-0.2, 0) is 0 Å². The number of benzene rings is 1. The molecule has 5 nitrogen and oxygen atoms in total. The molecule has 21 heavy (non-hydrogen) atoms. The number of rotatable bonds is 1. The molecular weight excluding hydrogens is 286 g/mol. The smallest absolute Gasteiger partial charge is 0.155 e. The number of hydrogen-bond acceptors (Lipinski definition) is 4. The van der Waals surface area contributed by atoms with Crippen LogP contribution >= 0.6 is 11.6 Å². The van der Waals surface area contributed by atoms with Crippen molar-refractivity contribution in [1.29, 1.82) is 0 Å². The van der Waals surface area contributed by atoms with Crippen LogP contribution in [0.25, 0.3) is 16.6 Å². The van der Waals surface area contributed by atoms with Gasteiger partial charge in [-0.3, -0.25) is 4.40 Å². The molecule has 108 valence electrons. The summed E-state index contributed by atoms with van der Waals surface area (Å²) < 4.78 is 2.07. The number of hydrogen-bond donors (Lipinski definition) is 0. The van der Waals surface area contributed by atoms with Crippen molar-refractivity contribution >= 4 is 34.0 Å². The first-order valence-electron chi connectivity index (χ1n) is 7.07. The van der Waals surface area contributed by atoms with Crippen LogP contribution in [0.5, 0.6) is 0 Å². The first kappa shape index (κ1) is 12.9. The Hall–Kier alpha value is -1.85. The topological polar surface area (TPSA) is 36.7 Å². The van der Waals surface area contributed by atoms with Gasteiger partial charge in [-0.1, -0.05) is 11.6 Å². The molecule has 0 N–H and O–H groups in total. The maximum atomic E-state index is 6.11. The molecule has 4 rings (SSSR count). The Bertz CT molecular complexity index is 804. The van der Waals surface area contributed by atoms with Gasteiger partial charge in [0.2, 0.25) is 0 Å². The van der Waals surface area contributed by atoms with Gasteiger partial charge in [0, 0.05) is 31.2 Å². The van der Waals surface area contributed by atoms with Gasteiger partial charge in [-0.25, -0.2) is 9.97 Å². The molecule has 1 aliphatic heterocycles. The molecule has 0 saturated carbocycles. The van der Waals surface area contributed by atoms with E-state index < -0.39 is 0 Å². The molecule has 0 bridgehead atoms. The molecule has 2 aromatic heterocycles. The zero-order valence-electron chi connectivity index (χ0n) is 11.8. The highest BCUT2D eigenvalue weighted by molar-refractivity contribution is 6.31. The van der Waals surface area contributed by atoms with Gasteiger partial charge in [0.15, 0.2) is 5.82 Å². The lowest BCUT2D eigenvalue weighted by atomic mass is 10.2. The SMILES string of the molecule is CN1CCN(c2nc3ccc(Cl)cc3n3cncc23)CC1. The summed E-state index contributed by atoms with van der Waals surface area (Å²) >= 11 is 6.11. The third-order valence-electron chi connectivity index (χ3n) is 4.09. The fraction of sp³-hybridized carbons (Fsp3) is 0.333. The summed E-state index contributed by atoms with van der Waals surface area (Å²) in [6, 6.07) is 5.79. The van der Waals surface area contributed by atoms with Crippen molar-refractivity contribution < 1.29 is 0 Å². The van der Waals surface area contributed by atoms with Gasteiger partial charge in [0.1, 0.15) is 5.52 Å². The van der Waals surface area contributed by atoms with E-state index in [4.69, 9.17) is 16.6 Å². The second-order valence-electron chi connectivity index (χ2n) is 5.51. The number of fused-ring (bicyclic) bond motifs is 3. The molecule has 0 spiro atoms. The summed E-state index contributed by atoms with van der Waals surface area (Å²) in [5.74, 6) is 1.01. The number of halogens is 1. The van der Waals surface area contributed by atoms with Gasteiger partial charge in [-0.2, -0.15) is 0 Å². The van der Waals surface area contributed by atoms with Crippen LogP contribution in [-0.4, -0.2) is 52.5 Å². The molecule has 6 heteroatoms. The van der Waals surface area contributed by atoms with E-state index in [9.17, 15) is 0 Å². The largest absolute Gasteiger partial charge is 0.352 e. The molecule has 1 aliphatic rings. The second-order valence-corrected chi connectivity index (χ2v) is 5.94. The van der Waals surface area contributed by atoms with Crippen molar-refractivity contribution in [2.75, 3.05) is 38.1 Å². The first-order valence-corrected chi connectivity index (χ1v) is 7.45. The van der Waals surface area contributed by atoms with E-state index in [1.165, 1.54) is 0 Å². The van der Waals surface area contributed by atoms with Crippen molar-refractivity contribution in [1.82, 2.24) is 19.3 Å². The van der Waals surface area contributed by atoms with Crippen LogP contribution in [0.2, 0.25) is 5.02 Å². The summed E-state index contributed by atoms with van der Waals surface area (Å²) in [5.41, 5.74) is 2.97. The van der Waals surface area contributed by atoms with Gasteiger partial charge >= 0.3 is 0 Å². The fourth-order valence-electron chi connectivity index (χ4n) is 2.86. The van der Waals surface area contributed by atoms with E-state index in [0.29, 0.717) is 5.02 Å². The third-order valence-corrected chi connectivity index (χ3v) is 4.33. The van der Waals surface area contributed by atoms with Crippen LogP contribution in [0.15, 0.2) is 30.7 Å². The van der Waals surface area contributed by atoms with Crippen LogP contribution in [0.1, 0.15) is 0 Å². The monoisotopic (exact) mass is 301 g/mol. The lowest BCUT2D eigenvalue weighted by molar-refractivity contribution is 0.312. The van der Waals surface area contributed by atoms with Gasteiger partial charge in [0.05, 0.1) is 23.6 Å². The number of imidazole rings is 1. The van der Waals surface area contributed by atoms with Crippen LogP contribution in [0, 0.1) is 0 Å². The predicted octanol–water partition coefficient (Wildman–Crippen LogP) is 2.29. The predicted molar refractivity (Wildman–Crippen MR) is 85.2 cm³/mol. The molecule has 0 radical (unpaired) electrons. The Kier molecular flexibility index (Phi) is 2.97. The summed E-state index contributed by atoms with van der Waals surface area (Å²) in [6.45, 7) is 4.09. The zero-order valence-corrected chi connectivity index (χ0v) is 12.6. The molecular formula is C15H16ClN5. The van der Waals surface area contributed by atoms with E-state index >= 15 is 0 Å². The van der Waals surface area contributed by atoms with E-state index in [-0.39, 0.29) is 0 Å². The van der Waals surface area contributed by atoms with Crippen LogP contribution in [0.4, 0.5) is 5.82 Å². The fourth-order valence-corrected chi connectivity index (χ4v) is 3.03. The van der Waals surface area contributed by atoms with Gasteiger partial charge in [0.25, 0.3) is 0 Å². The average Bonchev–Trinajstić information content (AvgIpc) is 2.97. The summed E-state index contributed by atoms with van der Waals surface area (Å²) in [4.78, 5) is 13.8. The highest BCUT2D eigenvalue weighted by atomic mass is 35.5. The molecule has 3 aromatic rings.